The first-order chi connectivity index (χ1) is 10.8. The molecule has 3 rings (SSSR count). The van der Waals surface area contributed by atoms with Crippen LogP contribution in [0.1, 0.15) is 23.1 Å². The van der Waals surface area contributed by atoms with Gasteiger partial charge in [-0.1, -0.05) is 41.6 Å². The van der Waals surface area contributed by atoms with E-state index in [2.05, 4.69) is 53.2 Å². The van der Waals surface area contributed by atoms with Crippen LogP contribution in [0.2, 0.25) is 0 Å². The van der Waals surface area contributed by atoms with Crippen LogP contribution in [0.3, 0.4) is 0 Å². The fraction of sp³-hybridized carbons (Fsp3) is 0.333. The van der Waals surface area contributed by atoms with Crippen molar-refractivity contribution in [2.24, 2.45) is 4.99 Å². The van der Waals surface area contributed by atoms with Crippen molar-refractivity contribution in [3.05, 3.63) is 65.5 Å². The molecule has 0 saturated carbocycles. The van der Waals surface area contributed by atoms with E-state index in [1.807, 2.05) is 24.2 Å². The minimum Gasteiger partial charge on any atom is -0.343 e. The molecule has 0 radical (unpaired) electrons. The zero-order valence-corrected chi connectivity index (χ0v) is 13.7. The number of nitrogens with zero attached hydrogens (tertiary/aromatic N) is 3. The van der Waals surface area contributed by atoms with Gasteiger partial charge in [-0.3, -0.25) is 9.98 Å². The van der Waals surface area contributed by atoms with Gasteiger partial charge in [0.1, 0.15) is 0 Å². The Bertz CT molecular complexity index is 623. The molecule has 1 aromatic carbocycles. The van der Waals surface area contributed by atoms with E-state index in [-0.39, 0.29) is 0 Å². The van der Waals surface area contributed by atoms with E-state index in [0.29, 0.717) is 0 Å². The first-order valence-corrected chi connectivity index (χ1v) is 8.66. The van der Waals surface area contributed by atoms with E-state index in [1.165, 1.54) is 34.0 Å². The van der Waals surface area contributed by atoms with Crippen molar-refractivity contribution < 1.29 is 0 Å². The molecule has 2 aromatic rings. The molecule has 114 valence electrons. The summed E-state index contributed by atoms with van der Waals surface area (Å²) in [5.74, 6) is 1.17. The van der Waals surface area contributed by atoms with Crippen LogP contribution in [0.15, 0.2) is 53.8 Å². The van der Waals surface area contributed by atoms with E-state index in [4.69, 9.17) is 4.99 Å². The molecular weight excluding hydrogens is 290 g/mol. The Kier molecular flexibility index (Phi) is 5.11. The molecule has 22 heavy (non-hydrogen) atoms. The summed E-state index contributed by atoms with van der Waals surface area (Å²) in [6, 6.07) is 12.9. The van der Waals surface area contributed by atoms with Gasteiger partial charge in [0.25, 0.3) is 0 Å². The largest absolute Gasteiger partial charge is 0.343 e. The number of pyridine rings is 1. The van der Waals surface area contributed by atoms with Crippen LogP contribution in [0, 0.1) is 6.92 Å². The van der Waals surface area contributed by atoms with Gasteiger partial charge in [-0.15, -0.1) is 0 Å². The van der Waals surface area contributed by atoms with Crippen molar-refractivity contribution >= 4 is 16.9 Å². The minimum atomic E-state index is 0.877. The number of hydrogen-bond donors (Lipinski definition) is 0. The average Bonchev–Trinajstić information content (AvgIpc) is 2.58. The highest BCUT2D eigenvalue weighted by atomic mass is 32.2. The monoisotopic (exact) mass is 311 g/mol. The van der Waals surface area contributed by atoms with Gasteiger partial charge < -0.3 is 4.90 Å². The maximum absolute atomic E-state index is 4.73. The lowest BCUT2D eigenvalue weighted by Crippen LogP contribution is -2.30. The zero-order valence-electron chi connectivity index (χ0n) is 12.9. The highest BCUT2D eigenvalue weighted by molar-refractivity contribution is 8.13. The predicted octanol–water partition coefficient (Wildman–Crippen LogP) is 3.89. The van der Waals surface area contributed by atoms with Crippen molar-refractivity contribution in [1.29, 1.82) is 0 Å². The maximum atomic E-state index is 4.73. The second-order valence-corrected chi connectivity index (χ2v) is 6.63. The van der Waals surface area contributed by atoms with Crippen molar-refractivity contribution in [2.75, 3.05) is 12.3 Å². The number of benzene rings is 1. The van der Waals surface area contributed by atoms with Gasteiger partial charge in [0.15, 0.2) is 5.17 Å². The van der Waals surface area contributed by atoms with E-state index < -0.39 is 0 Å². The van der Waals surface area contributed by atoms with Crippen molar-refractivity contribution in [3.8, 4) is 0 Å². The summed E-state index contributed by atoms with van der Waals surface area (Å²) in [4.78, 5) is 11.2. The van der Waals surface area contributed by atoms with Crippen LogP contribution < -0.4 is 0 Å². The molecule has 1 aromatic heterocycles. The zero-order chi connectivity index (χ0) is 15.2. The molecule has 0 atom stereocenters. The summed E-state index contributed by atoms with van der Waals surface area (Å²) in [5, 5.41) is 1.17. The van der Waals surface area contributed by atoms with Gasteiger partial charge in [-0.05, 0) is 36.6 Å². The minimum absolute atomic E-state index is 0.877. The van der Waals surface area contributed by atoms with Crippen LogP contribution in [0.4, 0.5) is 0 Å². The summed E-state index contributed by atoms with van der Waals surface area (Å²) in [6.07, 6.45) is 4.90. The number of aryl methyl sites for hydroxylation is 1. The highest BCUT2D eigenvalue weighted by Gasteiger charge is 2.15. The summed E-state index contributed by atoms with van der Waals surface area (Å²) < 4.78 is 0. The van der Waals surface area contributed by atoms with E-state index in [0.717, 1.165) is 19.6 Å². The van der Waals surface area contributed by atoms with E-state index >= 15 is 0 Å². The van der Waals surface area contributed by atoms with Gasteiger partial charge in [0, 0.05) is 37.8 Å². The number of hydrogen-bond acceptors (Lipinski definition) is 4. The average molecular weight is 311 g/mol. The Labute approximate surface area is 136 Å². The second-order valence-electron chi connectivity index (χ2n) is 5.56. The molecule has 0 saturated heterocycles. The van der Waals surface area contributed by atoms with Gasteiger partial charge in [-0.25, -0.2) is 0 Å². The van der Waals surface area contributed by atoms with Gasteiger partial charge >= 0.3 is 0 Å². The molecular formula is C18H21N3S. The Morgan fingerprint density at radius 2 is 1.68 bits per heavy atom. The van der Waals surface area contributed by atoms with Crippen LogP contribution >= 0.6 is 11.8 Å². The molecule has 0 aliphatic carbocycles. The first kappa shape index (κ1) is 15.1. The van der Waals surface area contributed by atoms with Crippen LogP contribution in [-0.4, -0.2) is 27.3 Å². The summed E-state index contributed by atoms with van der Waals surface area (Å²) in [6.45, 7) is 4.85. The fourth-order valence-corrected chi connectivity index (χ4v) is 3.40. The number of aromatic nitrogens is 1. The predicted molar refractivity (Wildman–Crippen MR) is 94.0 cm³/mol. The number of aliphatic imine (C=N–C) groups is 1. The third-order valence-corrected chi connectivity index (χ3v) is 4.81. The molecule has 1 aliphatic heterocycles. The van der Waals surface area contributed by atoms with Gasteiger partial charge in [0.2, 0.25) is 0 Å². The van der Waals surface area contributed by atoms with Crippen LogP contribution in [-0.2, 0) is 13.1 Å². The Balaban J connectivity index is 1.79. The van der Waals surface area contributed by atoms with Crippen LogP contribution in [0.5, 0.6) is 0 Å². The summed E-state index contributed by atoms with van der Waals surface area (Å²) in [7, 11) is 0. The standard InChI is InChI=1S/C18H21N3S/c1-15-3-5-16(6-4-15)13-21(18-20-9-2-12-22-18)14-17-7-10-19-11-8-17/h3-8,10-11H,2,9,12-14H2,1H3. The van der Waals surface area contributed by atoms with Gasteiger partial charge in [-0.2, -0.15) is 0 Å². The van der Waals surface area contributed by atoms with Crippen LogP contribution in [0.25, 0.3) is 0 Å². The summed E-state index contributed by atoms with van der Waals surface area (Å²) >= 11 is 1.87. The number of thioether (sulfide) groups is 1. The van der Waals surface area contributed by atoms with Crippen molar-refractivity contribution in [3.63, 3.8) is 0 Å². The maximum Gasteiger partial charge on any atom is 0.159 e. The van der Waals surface area contributed by atoms with E-state index in [1.54, 1.807) is 0 Å². The summed E-state index contributed by atoms with van der Waals surface area (Å²) in [5.41, 5.74) is 3.90. The lowest BCUT2D eigenvalue weighted by molar-refractivity contribution is 0.412. The topological polar surface area (TPSA) is 28.5 Å². The lowest BCUT2D eigenvalue weighted by atomic mass is 10.1. The molecule has 0 bridgehead atoms. The highest BCUT2D eigenvalue weighted by Crippen LogP contribution is 2.20. The Morgan fingerprint density at radius 3 is 2.32 bits per heavy atom. The normalized spacial score (nSPS) is 14.5. The molecule has 2 heterocycles. The molecule has 0 spiro atoms. The molecule has 3 nitrogen and oxygen atoms in total. The first-order valence-electron chi connectivity index (χ1n) is 7.68. The number of amidine groups is 1. The molecule has 1 aliphatic rings. The molecule has 0 amide bonds. The number of rotatable bonds is 4. The smallest absolute Gasteiger partial charge is 0.159 e. The van der Waals surface area contributed by atoms with Gasteiger partial charge in [0.05, 0.1) is 0 Å². The van der Waals surface area contributed by atoms with Crippen molar-refractivity contribution in [1.82, 2.24) is 9.88 Å². The molecule has 4 heteroatoms. The third kappa shape index (κ3) is 4.10. The molecule has 0 N–H and O–H groups in total. The Hall–Kier alpha value is -1.81. The Morgan fingerprint density at radius 1 is 1.00 bits per heavy atom. The molecule has 0 unspecified atom stereocenters. The fourth-order valence-electron chi connectivity index (χ4n) is 2.45. The van der Waals surface area contributed by atoms with E-state index in [9.17, 15) is 0 Å². The van der Waals surface area contributed by atoms with Crippen molar-refractivity contribution in [2.45, 2.75) is 26.4 Å². The molecule has 0 fully saturated rings. The lowest BCUT2D eigenvalue weighted by Gasteiger charge is -2.27. The SMILES string of the molecule is Cc1ccc(CN(Cc2ccncc2)C2=NCCCS2)cc1. The second kappa shape index (κ2) is 7.45. The quantitative estimate of drug-likeness (QED) is 0.858. The third-order valence-electron chi connectivity index (χ3n) is 3.67.